The number of fused-ring (bicyclic) bond motifs is 1. The lowest BCUT2D eigenvalue weighted by Gasteiger charge is -2.32. The molecule has 1 saturated heterocycles. The fraction of sp³-hybridized carbons (Fsp3) is 0.500. The van der Waals surface area contributed by atoms with Gasteiger partial charge in [0.05, 0.1) is 24.3 Å². The van der Waals surface area contributed by atoms with Gasteiger partial charge in [-0.3, -0.25) is 9.69 Å². The van der Waals surface area contributed by atoms with Gasteiger partial charge in [0.25, 0.3) is 5.56 Å². The van der Waals surface area contributed by atoms with Crippen LogP contribution in [0.2, 0.25) is 0 Å². The molecule has 0 aliphatic carbocycles. The third-order valence-corrected chi connectivity index (χ3v) is 4.37. The summed E-state index contributed by atoms with van der Waals surface area (Å²) in [6.07, 6.45) is 0.953. The lowest BCUT2D eigenvalue weighted by Crippen LogP contribution is -2.49. The van der Waals surface area contributed by atoms with Crippen LogP contribution in [0.15, 0.2) is 29.2 Å². The second-order valence-electron chi connectivity index (χ2n) is 5.87. The van der Waals surface area contributed by atoms with E-state index in [2.05, 4.69) is 4.98 Å². The van der Waals surface area contributed by atoms with E-state index in [9.17, 15) is 9.18 Å². The maximum Gasteiger partial charge on any atom is 0.269 e. The van der Waals surface area contributed by atoms with Gasteiger partial charge in [0.15, 0.2) is 0 Å². The standard InChI is InChI=1S/C16H21FN4O2/c1-23-11-2-3-14-15(8-11)21(16(22)9-19-14)7-6-20-5-4-13(18)12(17)10-20/h2-3,8-9,12-13H,4-7,10,18H2,1H3/t12-,13+/m0/s1. The molecule has 1 aromatic carbocycles. The molecule has 6 nitrogen and oxygen atoms in total. The van der Waals surface area contributed by atoms with Gasteiger partial charge in [-0.25, -0.2) is 9.37 Å². The highest BCUT2D eigenvalue weighted by Crippen LogP contribution is 2.18. The Hall–Kier alpha value is -1.99. The molecule has 124 valence electrons. The molecule has 2 heterocycles. The predicted molar refractivity (Wildman–Crippen MR) is 86.5 cm³/mol. The van der Waals surface area contributed by atoms with Crippen molar-refractivity contribution in [3.8, 4) is 5.75 Å². The molecule has 2 N–H and O–H groups in total. The van der Waals surface area contributed by atoms with Crippen molar-refractivity contribution in [1.29, 1.82) is 0 Å². The maximum absolute atomic E-state index is 13.7. The summed E-state index contributed by atoms with van der Waals surface area (Å²) in [6.45, 7) is 2.15. The normalized spacial score (nSPS) is 22.4. The SMILES string of the molecule is COc1ccc2ncc(=O)n(CCN3CC[C@@H](N)[C@@H](F)C3)c2c1. The fourth-order valence-electron chi connectivity index (χ4n) is 2.93. The number of methoxy groups -OCH3 is 1. The molecule has 7 heteroatoms. The van der Waals surface area contributed by atoms with Crippen LogP contribution in [-0.2, 0) is 6.54 Å². The summed E-state index contributed by atoms with van der Waals surface area (Å²) in [5, 5.41) is 0. The van der Waals surface area contributed by atoms with Gasteiger partial charge >= 0.3 is 0 Å². The van der Waals surface area contributed by atoms with E-state index in [1.807, 2.05) is 17.0 Å². The van der Waals surface area contributed by atoms with Gasteiger partial charge in [-0.1, -0.05) is 0 Å². The van der Waals surface area contributed by atoms with Crippen LogP contribution in [0.5, 0.6) is 5.75 Å². The van der Waals surface area contributed by atoms with E-state index in [0.717, 1.165) is 17.6 Å². The molecule has 23 heavy (non-hydrogen) atoms. The number of rotatable bonds is 4. The number of likely N-dealkylation sites (tertiary alicyclic amines) is 1. The zero-order valence-corrected chi connectivity index (χ0v) is 13.1. The van der Waals surface area contributed by atoms with Gasteiger partial charge in [0.2, 0.25) is 0 Å². The fourth-order valence-corrected chi connectivity index (χ4v) is 2.93. The second kappa shape index (κ2) is 6.64. The molecule has 0 radical (unpaired) electrons. The summed E-state index contributed by atoms with van der Waals surface area (Å²) in [5.74, 6) is 0.673. The van der Waals surface area contributed by atoms with Gasteiger partial charge in [-0.15, -0.1) is 0 Å². The van der Waals surface area contributed by atoms with E-state index >= 15 is 0 Å². The Kier molecular flexibility index (Phi) is 4.58. The van der Waals surface area contributed by atoms with Crippen LogP contribution in [0.3, 0.4) is 0 Å². The molecule has 2 aromatic rings. The van der Waals surface area contributed by atoms with Crippen LogP contribution in [0.25, 0.3) is 11.0 Å². The monoisotopic (exact) mass is 320 g/mol. The molecule has 0 unspecified atom stereocenters. The van der Waals surface area contributed by atoms with Crippen LogP contribution in [-0.4, -0.2) is 53.4 Å². The van der Waals surface area contributed by atoms with Crippen LogP contribution >= 0.6 is 0 Å². The lowest BCUT2D eigenvalue weighted by molar-refractivity contribution is 0.116. The van der Waals surface area contributed by atoms with E-state index in [1.54, 1.807) is 17.7 Å². The summed E-state index contributed by atoms with van der Waals surface area (Å²) in [4.78, 5) is 18.3. The molecule has 0 bridgehead atoms. The zero-order valence-electron chi connectivity index (χ0n) is 13.1. The molecule has 0 saturated carbocycles. The van der Waals surface area contributed by atoms with Crippen molar-refractivity contribution in [1.82, 2.24) is 14.5 Å². The molecule has 3 rings (SSSR count). The number of alkyl halides is 1. The van der Waals surface area contributed by atoms with Crippen molar-refractivity contribution in [2.75, 3.05) is 26.7 Å². The molecule has 2 atom stereocenters. The first-order valence-electron chi connectivity index (χ1n) is 7.74. The zero-order chi connectivity index (χ0) is 16.4. The van der Waals surface area contributed by atoms with Crippen LogP contribution in [0.4, 0.5) is 4.39 Å². The number of hydrogen-bond donors (Lipinski definition) is 1. The van der Waals surface area contributed by atoms with Crippen LogP contribution < -0.4 is 16.0 Å². The summed E-state index contributed by atoms with van der Waals surface area (Å²) < 4.78 is 20.6. The molecule has 1 aromatic heterocycles. The van der Waals surface area contributed by atoms with Crippen molar-refractivity contribution >= 4 is 11.0 Å². The smallest absolute Gasteiger partial charge is 0.269 e. The van der Waals surface area contributed by atoms with Gasteiger partial charge in [-0.05, 0) is 25.1 Å². The highest BCUT2D eigenvalue weighted by molar-refractivity contribution is 5.76. The molecule has 1 aliphatic heterocycles. The Labute approximate surface area is 133 Å². The van der Waals surface area contributed by atoms with Gasteiger partial charge in [-0.2, -0.15) is 0 Å². The number of aromatic nitrogens is 2. The van der Waals surface area contributed by atoms with E-state index in [4.69, 9.17) is 10.5 Å². The average Bonchev–Trinajstić information content (AvgIpc) is 2.56. The molecule has 1 aliphatic rings. The van der Waals surface area contributed by atoms with Gasteiger partial charge in [0.1, 0.15) is 11.9 Å². The Balaban J connectivity index is 1.82. The molecule has 0 amide bonds. The number of ether oxygens (including phenoxy) is 1. The summed E-state index contributed by atoms with van der Waals surface area (Å²) in [7, 11) is 1.58. The van der Waals surface area contributed by atoms with Crippen molar-refractivity contribution in [2.24, 2.45) is 5.73 Å². The average molecular weight is 320 g/mol. The minimum Gasteiger partial charge on any atom is -0.497 e. The van der Waals surface area contributed by atoms with E-state index in [0.29, 0.717) is 31.8 Å². The van der Waals surface area contributed by atoms with Crippen LogP contribution in [0.1, 0.15) is 6.42 Å². The summed E-state index contributed by atoms with van der Waals surface area (Å²) in [6, 6.07) is 5.05. The Bertz CT molecular complexity index is 748. The maximum atomic E-state index is 13.7. The van der Waals surface area contributed by atoms with Crippen LogP contribution in [0, 0.1) is 0 Å². The number of nitrogens with two attached hydrogens (primary N) is 1. The quantitative estimate of drug-likeness (QED) is 0.901. The van der Waals surface area contributed by atoms with Crippen molar-refractivity contribution < 1.29 is 9.13 Å². The topological polar surface area (TPSA) is 73.4 Å². The Morgan fingerprint density at radius 3 is 3.00 bits per heavy atom. The summed E-state index contributed by atoms with van der Waals surface area (Å²) >= 11 is 0. The second-order valence-corrected chi connectivity index (χ2v) is 5.87. The first-order chi connectivity index (χ1) is 11.1. The molecule has 0 spiro atoms. The van der Waals surface area contributed by atoms with E-state index in [1.165, 1.54) is 6.20 Å². The van der Waals surface area contributed by atoms with Crippen molar-refractivity contribution in [3.63, 3.8) is 0 Å². The van der Waals surface area contributed by atoms with E-state index in [-0.39, 0.29) is 11.6 Å². The van der Waals surface area contributed by atoms with E-state index < -0.39 is 6.17 Å². The number of piperidine rings is 1. The number of nitrogens with zero attached hydrogens (tertiary/aromatic N) is 3. The van der Waals surface area contributed by atoms with Crippen molar-refractivity contribution in [3.05, 3.63) is 34.7 Å². The largest absolute Gasteiger partial charge is 0.497 e. The minimum absolute atomic E-state index is 0.170. The third-order valence-electron chi connectivity index (χ3n) is 4.37. The number of halogens is 1. The number of hydrogen-bond acceptors (Lipinski definition) is 5. The minimum atomic E-state index is -1.00. The Morgan fingerprint density at radius 2 is 2.26 bits per heavy atom. The third kappa shape index (κ3) is 3.35. The Morgan fingerprint density at radius 1 is 1.43 bits per heavy atom. The highest BCUT2D eigenvalue weighted by Gasteiger charge is 2.26. The number of benzene rings is 1. The first kappa shape index (κ1) is 15.9. The summed E-state index contributed by atoms with van der Waals surface area (Å²) in [5.41, 5.74) is 6.98. The highest BCUT2D eigenvalue weighted by atomic mass is 19.1. The molecular formula is C16H21FN4O2. The van der Waals surface area contributed by atoms with Gasteiger partial charge < -0.3 is 15.0 Å². The van der Waals surface area contributed by atoms with Crippen molar-refractivity contribution in [2.45, 2.75) is 25.2 Å². The first-order valence-corrected chi connectivity index (χ1v) is 7.74. The van der Waals surface area contributed by atoms with Gasteiger partial charge in [0, 0.05) is 31.7 Å². The predicted octanol–water partition coefficient (Wildman–Crippen LogP) is 0.776. The molecule has 1 fully saturated rings. The lowest BCUT2D eigenvalue weighted by atomic mass is 10.0. The molecular weight excluding hydrogens is 299 g/mol.